The summed E-state index contributed by atoms with van der Waals surface area (Å²) in [5.41, 5.74) is 13.5. The molecule has 0 fully saturated rings. The third kappa shape index (κ3) is 6.19. The lowest BCUT2D eigenvalue weighted by molar-refractivity contribution is 1.23. The Morgan fingerprint density at radius 3 is 1.18 bits per heavy atom. The molecular weight excluding hydrogens is 729 g/mol. The van der Waals surface area contributed by atoms with Gasteiger partial charge in [0.05, 0.1) is 23.8 Å². The molecule has 4 nitrogen and oxygen atoms in total. The summed E-state index contributed by atoms with van der Waals surface area (Å²) in [6, 6.07) is 74.1. The van der Waals surface area contributed by atoms with E-state index in [1.807, 2.05) is 43.0 Å². The smallest absolute Gasteiger partial charge is 0.0644 e. The molecule has 0 aliphatic rings. The van der Waals surface area contributed by atoms with Crippen molar-refractivity contribution in [3.8, 4) is 33.4 Å². The van der Waals surface area contributed by atoms with Gasteiger partial charge in [-0.1, -0.05) is 127 Å². The molecule has 11 aromatic rings. The molecule has 2 aromatic heterocycles. The van der Waals surface area contributed by atoms with Crippen molar-refractivity contribution in [2.75, 3.05) is 9.80 Å². The SMILES string of the molecule is c1ccc(-c2cc(-c3ccc(N(c4ccccc4)c4cccnc4)cc3)c3ccc4ccc(-c5ccc(N(c6ccccc6)c6cccnc6)cc5)c5ccc2c3c45)cc1. The summed E-state index contributed by atoms with van der Waals surface area (Å²) in [5.74, 6) is 0. The van der Waals surface area contributed by atoms with Crippen LogP contribution in [0.15, 0.2) is 231 Å². The highest BCUT2D eigenvalue weighted by Crippen LogP contribution is 2.47. The minimum atomic E-state index is 1.01. The quantitative estimate of drug-likeness (QED) is 0.137. The Kier molecular flexibility index (Phi) is 8.79. The van der Waals surface area contributed by atoms with Gasteiger partial charge in [0.1, 0.15) is 0 Å². The fourth-order valence-electron chi connectivity index (χ4n) is 8.84. The summed E-state index contributed by atoms with van der Waals surface area (Å²) in [4.78, 5) is 13.4. The molecule has 0 aliphatic carbocycles. The molecule has 0 bridgehead atoms. The van der Waals surface area contributed by atoms with Crippen molar-refractivity contribution in [2.24, 2.45) is 0 Å². The first kappa shape index (κ1) is 35.1. The molecule has 0 saturated carbocycles. The van der Waals surface area contributed by atoms with Gasteiger partial charge in [-0.25, -0.2) is 0 Å². The van der Waals surface area contributed by atoms with Crippen molar-refractivity contribution in [3.63, 3.8) is 0 Å². The molecule has 2 heterocycles. The predicted molar refractivity (Wildman–Crippen MR) is 251 cm³/mol. The van der Waals surface area contributed by atoms with E-state index in [4.69, 9.17) is 0 Å². The van der Waals surface area contributed by atoms with Gasteiger partial charge in [-0.05, 0) is 145 Å². The molecule has 4 heteroatoms. The van der Waals surface area contributed by atoms with Crippen LogP contribution in [0.25, 0.3) is 65.7 Å². The molecule has 9 aromatic carbocycles. The zero-order valence-corrected chi connectivity index (χ0v) is 32.7. The number of nitrogens with zero attached hydrogens (tertiary/aromatic N) is 4. The Morgan fingerprint density at radius 1 is 0.283 bits per heavy atom. The lowest BCUT2D eigenvalue weighted by atomic mass is 9.84. The zero-order valence-electron chi connectivity index (χ0n) is 32.7. The Morgan fingerprint density at radius 2 is 0.683 bits per heavy atom. The highest BCUT2D eigenvalue weighted by molar-refractivity contribution is 6.30. The Balaban J connectivity index is 1.06. The monoisotopic (exact) mass is 766 g/mol. The summed E-state index contributed by atoms with van der Waals surface area (Å²) in [7, 11) is 0. The van der Waals surface area contributed by atoms with Crippen LogP contribution in [-0.2, 0) is 0 Å². The number of hydrogen-bond acceptors (Lipinski definition) is 4. The van der Waals surface area contributed by atoms with Gasteiger partial charge in [0.25, 0.3) is 0 Å². The summed E-state index contributed by atoms with van der Waals surface area (Å²) in [6.45, 7) is 0. The zero-order chi connectivity index (χ0) is 39.8. The van der Waals surface area contributed by atoms with Gasteiger partial charge in [-0.2, -0.15) is 0 Å². The highest BCUT2D eigenvalue weighted by Gasteiger charge is 2.20. The largest absolute Gasteiger partial charge is 0.309 e. The predicted octanol–water partition coefficient (Wildman–Crippen LogP) is 15.3. The van der Waals surface area contributed by atoms with Crippen molar-refractivity contribution in [1.29, 1.82) is 0 Å². The Bertz CT molecular complexity index is 3130. The average molecular weight is 767 g/mol. The van der Waals surface area contributed by atoms with Gasteiger partial charge in [-0.15, -0.1) is 0 Å². The minimum absolute atomic E-state index is 1.01. The second kappa shape index (κ2) is 15.0. The number of hydrogen-bond donors (Lipinski definition) is 0. The van der Waals surface area contributed by atoms with Crippen LogP contribution in [0.1, 0.15) is 0 Å². The van der Waals surface area contributed by atoms with Crippen molar-refractivity contribution in [2.45, 2.75) is 0 Å². The van der Waals surface area contributed by atoms with Crippen molar-refractivity contribution in [3.05, 3.63) is 231 Å². The second-order valence-corrected chi connectivity index (χ2v) is 15.1. The summed E-state index contributed by atoms with van der Waals surface area (Å²) in [5, 5.41) is 7.55. The van der Waals surface area contributed by atoms with Crippen LogP contribution >= 0.6 is 0 Å². The van der Waals surface area contributed by atoms with E-state index in [-0.39, 0.29) is 0 Å². The van der Waals surface area contributed by atoms with Crippen molar-refractivity contribution >= 4 is 66.4 Å². The minimum Gasteiger partial charge on any atom is -0.309 e. The van der Waals surface area contributed by atoms with E-state index in [0.717, 1.165) is 34.1 Å². The Labute approximate surface area is 349 Å². The van der Waals surface area contributed by atoms with Crippen LogP contribution in [0.4, 0.5) is 34.1 Å². The first-order valence-corrected chi connectivity index (χ1v) is 20.3. The van der Waals surface area contributed by atoms with Gasteiger partial charge in [0.2, 0.25) is 0 Å². The third-order valence-electron chi connectivity index (χ3n) is 11.6. The fourth-order valence-corrected chi connectivity index (χ4v) is 8.84. The lowest BCUT2D eigenvalue weighted by Crippen LogP contribution is -2.09. The molecule has 0 atom stereocenters. The van der Waals surface area contributed by atoms with Gasteiger partial charge < -0.3 is 9.80 Å². The van der Waals surface area contributed by atoms with Crippen molar-refractivity contribution < 1.29 is 0 Å². The molecule has 0 aliphatic heterocycles. The lowest BCUT2D eigenvalue weighted by Gasteiger charge is -2.25. The first-order valence-electron chi connectivity index (χ1n) is 20.3. The van der Waals surface area contributed by atoms with E-state index in [0.29, 0.717) is 0 Å². The van der Waals surface area contributed by atoms with Crippen LogP contribution in [0.5, 0.6) is 0 Å². The number of benzene rings is 9. The molecule has 0 unspecified atom stereocenters. The molecular formula is C56H38N4. The van der Waals surface area contributed by atoms with Gasteiger partial charge in [-0.3, -0.25) is 9.97 Å². The Hall–Kier alpha value is -8.08. The molecule has 11 rings (SSSR count). The van der Waals surface area contributed by atoms with E-state index >= 15 is 0 Å². The van der Waals surface area contributed by atoms with Gasteiger partial charge >= 0.3 is 0 Å². The van der Waals surface area contributed by atoms with Gasteiger partial charge in [0, 0.05) is 35.1 Å². The van der Waals surface area contributed by atoms with E-state index in [1.165, 1.54) is 65.7 Å². The molecule has 0 N–H and O–H groups in total. The van der Waals surface area contributed by atoms with E-state index in [1.54, 1.807) is 0 Å². The van der Waals surface area contributed by atoms with Crippen molar-refractivity contribution in [1.82, 2.24) is 9.97 Å². The van der Waals surface area contributed by atoms with E-state index in [2.05, 4.69) is 208 Å². The summed E-state index contributed by atoms with van der Waals surface area (Å²) in [6.07, 6.45) is 7.46. The molecule has 282 valence electrons. The summed E-state index contributed by atoms with van der Waals surface area (Å²) < 4.78 is 0. The first-order chi connectivity index (χ1) is 29.8. The second-order valence-electron chi connectivity index (χ2n) is 15.1. The van der Waals surface area contributed by atoms with E-state index < -0.39 is 0 Å². The number of pyridine rings is 2. The maximum absolute atomic E-state index is 4.45. The molecule has 0 saturated heterocycles. The van der Waals surface area contributed by atoms with Crippen LogP contribution in [0, 0.1) is 0 Å². The number of aromatic nitrogens is 2. The maximum Gasteiger partial charge on any atom is 0.0644 e. The summed E-state index contributed by atoms with van der Waals surface area (Å²) >= 11 is 0. The normalized spacial score (nSPS) is 11.3. The standard InChI is InChI=1S/C56H38N4/c1-4-12-39(13-5-1)53-36-54(41-22-28-46(29-23-41)60(44-16-8-3-9-17-44)48-19-11-35-58-38-48)51-31-25-42-24-30-49(50-32-33-52(53)56(51)55(42)50)40-20-26-45(27-21-40)59(43-14-6-2-7-15-43)47-18-10-34-57-37-47/h1-38H. The third-order valence-corrected chi connectivity index (χ3v) is 11.6. The molecule has 0 amide bonds. The van der Waals surface area contributed by atoms with E-state index in [9.17, 15) is 0 Å². The number of rotatable bonds is 9. The average Bonchev–Trinajstić information content (AvgIpc) is 3.33. The topological polar surface area (TPSA) is 32.3 Å². The molecule has 0 spiro atoms. The van der Waals surface area contributed by atoms with Crippen LogP contribution < -0.4 is 9.80 Å². The van der Waals surface area contributed by atoms with Crippen LogP contribution in [-0.4, -0.2) is 9.97 Å². The molecule has 60 heavy (non-hydrogen) atoms. The van der Waals surface area contributed by atoms with Crippen LogP contribution in [0.2, 0.25) is 0 Å². The molecule has 0 radical (unpaired) electrons. The highest BCUT2D eigenvalue weighted by atomic mass is 15.2. The fraction of sp³-hybridized carbons (Fsp3) is 0. The maximum atomic E-state index is 4.45. The number of anilines is 6. The number of para-hydroxylation sites is 2. The van der Waals surface area contributed by atoms with Gasteiger partial charge in [0.15, 0.2) is 0 Å². The van der Waals surface area contributed by atoms with Crippen LogP contribution in [0.3, 0.4) is 0 Å².